The molecule has 16 heavy (non-hydrogen) atoms. The number of nitrogens with zero attached hydrogens (tertiary/aromatic N) is 3. The van der Waals surface area contributed by atoms with E-state index >= 15 is 0 Å². The van der Waals surface area contributed by atoms with E-state index in [1.54, 1.807) is 19.0 Å². The summed E-state index contributed by atoms with van der Waals surface area (Å²) in [5.41, 5.74) is 5.50. The second-order valence-electron chi connectivity index (χ2n) is 4.50. The van der Waals surface area contributed by atoms with Crippen molar-refractivity contribution >= 4 is 6.03 Å². The van der Waals surface area contributed by atoms with E-state index in [9.17, 15) is 4.79 Å². The molecule has 5 nitrogen and oxygen atoms in total. The Morgan fingerprint density at radius 2 is 2.00 bits per heavy atom. The monoisotopic (exact) mass is 228 g/mol. The lowest BCUT2D eigenvalue weighted by atomic mass is 10.3. The van der Waals surface area contributed by atoms with Gasteiger partial charge in [0.25, 0.3) is 0 Å². The molecule has 1 fully saturated rings. The van der Waals surface area contributed by atoms with Crippen LogP contribution in [0.15, 0.2) is 0 Å². The molecule has 0 radical (unpaired) electrons. The Morgan fingerprint density at radius 3 is 2.62 bits per heavy atom. The maximum atomic E-state index is 11.8. The molecule has 0 atom stereocenters. The van der Waals surface area contributed by atoms with Crippen molar-refractivity contribution in [2.24, 2.45) is 5.73 Å². The zero-order chi connectivity index (χ0) is 12.0. The first-order chi connectivity index (χ1) is 7.65. The number of hydrogen-bond acceptors (Lipinski definition) is 3. The maximum Gasteiger partial charge on any atom is 0.319 e. The van der Waals surface area contributed by atoms with Crippen LogP contribution in [-0.4, -0.2) is 74.1 Å². The van der Waals surface area contributed by atoms with Gasteiger partial charge in [0.1, 0.15) is 0 Å². The summed E-state index contributed by atoms with van der Waals surface area (Å²) >= 11 is 0. The van der Waals surface area contributed by atoms with Crippen molar-refractivity contribution < 1.29 is 4.79 Å². The predicted octanol–water partition coefficient (Wildman–Crippen LogP) is 0.0245. The van der Waals surface area contributed by atoms with Crippen LogP contribution >= 0.6 is 0 Å². The van der Waals surface area contributed by atoms with Gasteiger partial charge in [-0.2, -0.15) is 0 Å². The van der Waals surface area contributed by atoms with E-state index in [4.69, 9.17) is 5.73 Å². The van der Waals surface area contributed by atoms with Gasteiger partial charge in [0.15, 0.2) is 0 Å². The van der Waals surface area contributed by atoms with E-state index < -0.39 is 0 Å². The molecule has 94 valence electrons. The van der Waals surface area contributed by atoms with E-state index in [1.165, 1.54) is 0 Å². The van der Waals surface area contributed by atoms with Gasteiger partial charge in [0.05, 0.1) is 0 Å². The van der Waals surface area contributed by atoms with E-state index in [0.717, 1.165) is 52.1 Å². The van der Waals surface area contributed by atoms with Crippen molar-refractivity contribution in [2.75, 3.05) is 53.4 Å². The molecule has 0 unspecified atom stereocenters. The SMILES string of the molecule is CN(C)C(=O)N1CCCN(CCCN)CC1. The van der Waals surface area contributed by atoms with Gasteiger partial charge in [0, 0.05) is 33.7 Å². The lowest BCUT2D eigenvalue weighted by molar-refractivity contribution is 0.172. The number of amides is 2. The fourth-order valence-corrected chi connectivity index (χ4v) is 1.98. The molecular weight excluding hydrogens is 204 g/mol. The Morgan fingerprint density at radius 1 is 1.25 bits per heavy atom. The third kappa shape index (κ3) is 3.98. The zero-order valence-corrected chi connectivity index (χ0v) is 10.5. The van der Waals surface area contributed by atoms with E-state index in [-0.39, 0.29) is 6.03 Å². The second kappa shape index (κ2) is 6.70. The van der Waals surface area contributed by atoms with Crippen LogP contribution in [0.3, 0.4) is 0 Å². The summed E-state index contributed by atoms with van der Waals surface area (Å²) in [7, 11) is 3.61. The molecule has 0 aliphatic carbocycles. The molecule has 1 saturated heterocycles. The van der Waals surface area contributed by atoms with Crippen molar-refractivity contribution in [3.8, 4) is 0 Å². The highest BCUT2D eigenvalue weighted by atomic mass is 16.2. The van der Waals surface area contributed by atoms with Crippen LogP contribution in [0, 0.1) is 0 Å². The quantitative estimate of drug-likeness (QED) is 0.741. The van der Waals surface area contributed by atoms with Gasteiger partial charge in [-0.15, -0.1) is 0 Å². The van der Waals surface area contributed by atoms with Crippen LogP contribution in [0.4, 0.5) is 4.79 Å². The highest BCUT2D eigenvalue weighted by molar-refractivity contribution is 5.73. The Hall–Kier alpha value is -0.810. The van der Waals surface area contributed by atoms with Crippen LogP contribution in [0.2, 0.25) is 0 Å². The average molecular weight is 228 g/mol. The van der Waals surface area contributed by atoms with E-state index in [2.05, 4.69) is 4.90 Å². The van der Waals surface area contributed by atoms with Crippen molar-refractivity contribution in [3.63, 3.8) is 0 Å². The minimum Gasteiger partial charge on any atom is -0.331 e. The van der Waals surface area contributed by atoms with E-state index in [0.29, 0.717) is 0 Å². The van der Waals surface area contributed by atoms with Crippen molar-refractivity contribution in [1.29, 1.82) is 0 Å². The number of urea groups is 1. The second-order valence-corrected chi connectivity index (χ2v) is 4.50. The Labute approximate surface area is 98.2 Å². The summed E-state index contributed by atoms with van der Waals surface area (Å²) in [6, 6.07) is 0.126. The van der Waals surface area contributed by atoms with Crippen molar-refractivity contribution in [3.05, 3.63) is 0 Å². The Kier molecular flexibility index (Phi) is 5.55. The first-order valence-electron chi connectivity index (χ1n) is 6.04. The summed E-state index contributed by atoms with van der Waals surface area (Å²) < 4.78 is 0. The summed E-state index contributed by atoms with van der Waals surface area (Å²) in [6.07, 6.45) is 2.10. The largest absolute Gasteiger partial charge is 0.331 e. The molecule has 1 aliphatic rings. The smallest absolute Gasteiger partial charge is 0.319 e. The molecule has 0 bridgehead atoms. The number of nitrogens with two attached hydrogens (primary N) is 1. The molecule has 2 N–H and O–H groups in total. The summed E-state index contributed by atoms with van der Waals surface area (Å²) in [5.74, 6) is 0. The summed E-state index contributed by atoms with van der Waals surface area (Å²) in [4.78, 5) is 17.8. The van der Waals surface area contributed by atoms with Crippen molar-refractivity contribution in [1.82, 2.24) is 14.7 Å². The third-order valence-corrected chi connectivity index (χ3v) is 2.92. The first-order valence-corrected chi connectivity index (χ1v) is 6.04. The Bertz CT molecular complexity index is 220. The van der Waals surface area contributed by atoms with Gasteiger partial charge < -0.3 is 20.4 Å². The minimum atomic E-state index is 0.126. The van der Waals surface area contributed by atoms with Gasteiger partial charge in [0.2, 0.25) is 0 Å². The lowest BCUT2D eigenvalue weighted by Gasteiger charge is -2.24. The van der Waals surface area contributed by atoms with E-state index in [1.807, 2.05) is 4.90 Å². The molecule has 1 rings (SSSR count). The normalized spacial score (nSPS) is 18.3. The van der Waals surface area contributed by atoms with Crippen LogP contribution in [0.5, 0.6) is 0 Å². The molecule has 0 aromatic carbocycles. The molecule has 0 saturated carbocycles. The third-order valence-electron chi connectivity index (χ3n) is 2.92. The lowest BCUT2D eigenvalue weighted by Crippen LogP contribution is -2.41. The summed E-state index contributed by atoms with van der Waals surface area (Å²) in [6.45, 7) is 5.56. The molecule has 0 spiro atoms. The van der Waals surface area contributed by atoms with Gasteiger partial charge in [-0.05, 0) is 32.5 Å². The molecule has 5 heteroatoms. The standard InChI is InChI=1S/C11H24N4O/c1-13(2)11(16)15-8-4-7-14(9-10-15)6-3-5-12/h3-10,12H2,1-2H3. The number of rotatable bonds is 3. The number of carbonyl (C=O) groups is 1. The van der Waals surface area contributed by atoms with Crippen molar-refractivity contribution in [2.45, 2.75) is 12.8 Å². The van der Waals surface area contributed by atoms with Crippen LogP contribution in [0.25, 0.3) is 0 Å². The van der Waals surface area contributed by atoms with Crippen LogP contribution in [-0.2, 0) is 0 Å². The molecule has 2 amide bonds. The first kappa shape index (κ1) is 13.3. The zero-order valence-electron chi connectivity index (χ0n) is 10.5. The molecule has 0 aromatic heterocycles. The van der Waals surface area contributed by atoms with Gasteiger partial charge in [-0.3, -0.25) is 0 Å². The van der Waals surface area contributed by atoms with Crippen LogP contribution < -0.4 is 5.73 Å². The fraction of sp³-hybridized carbons (Fsp3) is 0.909. The highest BCUT2D eigenvalue weighted by Gasteiger charge is 2.19. The fourth-order valence-electron chi connectivity index (χ4n) is 1.98. The number of hydrogen-bond donors (Lipinski definition) is 1. The minimum absolute atomic E-state index is 0.126. The van der Waals surface area contributed by atoms with Gasteiger partial charge in [-0.1, -0.05) is 0 Å². The van der Waals surface area contributed by atoms with Gasteiger partial charge >= 0.3 is 6.03 Å². The number of carbonyl (C=O) groups excluding carboxylic acids is 1. The summed E-state index contributed by atoms with van der Waals surface area (Å²) in [5, 5.41) is 0. The molecule has 1 heterocycles. The topological polar surface area (TPSA) is 52.8 Å². The van der Waals surface area contributed by atoms with Crippen LogP contribution in [0.1, 0.15) is 12.8 Å². The Balaban J connectivity index is 2.37. The highest BCUT2D eigenvalue weighted by Crippen LogP contribution is 2.05. The molecule has 0 aromatic rings. The predicted molar refractivity (Wildman–Crippen MR) is 65.4 cm³/mol. The average Bonchev–Trinajstić information content (AvgIpc) is 2.50. The van der Waals surface area contributed by atoms with Gasteiger partial charge in [-0.25, -0.2) is 4.79 Å². The molecule has 1 aliphatic heterocycles. The molecular formula is C11H24N4O. The maximum absolute atomic E-state index is 11.8.